The summed E-state index contributed by atoms with van der Waals surface area (Å²) >= 11 is 6.14. The van der Waals surface area contributed by atoms with Gasteiger partial charge in [-0.1, -0.05) is 36.7 Å². The largest absolute Gasteiger partial charge is 1.00 e. The van der Waals surface area contributed by atoms with Crippen LogP contribution in [0.3, 0.4) is 0 Å². The molecular formula is C16H17ClLiO3P. The summed E-state index contributed by atoms with van der Waals surface area (Å²) in [4.78, 5) is 12.3. The van der Waals surface area contributed by atoms with Gasteiger partial charge in [-0.2, -0.15) is 0 Å². The molecule has 0 spiro atoms. The van der Waals surface area contributed by atoms with Gasteiger partial charge in [0.1, 0.15) is 11.5 Å². The van der Waals surface area contributed by atoms with Crippen molar-refractivity contribution in [2.75, 3.05) is 6.61 Å². The van der Waals surface area contributed by atoms with E-state index in [4.69, 9.17) is 21.1 Å². The second kappa shape index (κ2) is 9.23. The Morgan fingerprint density at radius 1 is 1.23 bits per heavy atom. The molecule has 0 aliphatic carbocycles. The molecule has 0 heterocycles. The molecule has 6 heteroatoms. The molecule has 1 atom stereocenters. The van der Waals surface area contributed by atoms with E-state index in [0.717, 1.165) is 6.42 Å². The van der Waals surface area contributed by atoms with Crippen LogP contribution in [0.2, 0.25) is 5.02 Å². The van der Waals surface area contributed by atoms with Crippen molar-refractivity contribution in [3.8, 4) is 11.5 Å². The molecule has 0 fully saturated rings. The minimum absolute atomic E-state index is 0. The van der Waals surface area contributed by atoms with Gasteiger partial charge in [0.05, 0.1) is 17.2 Å². The Bertz CT molecular complexity index is 641. The second-order valence-electron chi connectivity index (χ2n) is 4.42. The maximum absolute atomic E-state index is 12.3. The Kier molecular flexibility index (Phi) is 8.00. The zero-order valence-electron chi connectivity index (χ0n) is 13.6. The molecule has 2 rings (SSSR count). The molecule has 0 amide bonds. The van der Waals surface area contributed by atoms with E-state index in [9.17, 15) is 4.79 Å². The van der Waals surface area contributed by atoms with Crippen LogP contribution in [0.15, 0.2) is 42.5 Å². The molecule has 0 aliphatic rings. The fourth-order valence-corrected chi connectivity index (χ4v) is 2.21. The number of ether oxygens (including phenoxy) is 2. The van der Waals surface area contributed by atoms with Crippen LogP contribution >= 0.6 is 20.8 Å². The number of benzene rings is 2. The molecule has 0 saturated heterocycles. The smallest absolute Gasteiger partial charge is 1.00 e. The van der Waals surface area contributed by atoms with Gasteiger partial charge in [-0.3, -0.25) is 0 Å². The summed E-state index contributed by atoms with van der Waals surface area (Å²) in [5, 5.41) is 1.05. The number of para-hydroxylation sites is 1. The Labute approximate surface area is 151 Å². The Hall–Kier alpha value is -0.973. The standard InChI is InChI=1S/C16H16ClO3P.Li.H/c1-2-8-19-12-9-13(15(21)14(17)10-12)16(18)20-11-6-4-3-5-7-11;;/h3-7,9-10H,2,8,21H2,1H3;;/q;+1;-1. The van der Waals surface area contributed by atoms with Gasteiger partial charge in [0.2, 0.25) is 0 Å². The van der Waals surface area contributed by atoms with E-state index in [2.05, 4.69) is 9.24 Å². The third-order valence-corrected chi connectivity index (χ3v) is 3.87. The number of carbonyl (C=O) groups excluding carboxylic acids is 1. The molecule has 2 aromatic rings. The third kappa shape index (κ3) is 5.04. The van der Waals surface area contributed by atoms with Crippen molar-refractivity contribution in [1.82, 2.24) is 0 Å². The fourth-order valence-electron chi connectivity index (χ4n) is 1.72. The van der Waals surface area contributed by atoms with E-state index in [0.29, 0.717) is 34.0 Å². The second-order valence-corrected chi connectivity index (χ2v) is 5.40. The molecule has 0 bridgehead atoms. The average molecular weight is 331 g/mol. The third-order valence-electron chi connectivity index (χ3n) is 2.75. The maximum Gasteiger partial charge on any atom is 1.00 e. The van der Waals surface area contributed by atoms with Gasteiger partial charge in [0.25, 0.3) is 0 Å². The number of hydrogen-bond acceptors (Lipinski definition) is 3. The molecule has 1 unspecified atom stereocenters. The van der Waals surface area contributed by atoms with Crippen molar-refractivity contribution in [2.45, 2.75) is 13.3 Å². The van der Waals surface area contributed by atoms with Crippen molar-refractivity contribution >= 4 is 32.1 Å². The summed E-state index contributed by atoms with van der Waals surface area (Å²) in [6.07, 6.45) is 0.879. The van der Waals surface area contributed by atoms with E-state index in [1.54, 1.807) is 36.4 Å². The Morgan fingerprint density at radius 3 is 2.55 bits per heavy atom. The van der Waals surface area contributed by atoms with Gasteiger partial charge < -0.3 is 10.9 Å². The predicted molar refractivity (Wildman–Crippen MR) is 89.1 cm³/mol. The number of hydrogen-bond donors (Lipinski definition) is 0. The van der Waals surface area contributed by atoms with E-state index in [-0.39, 0.29) is 20.3 Å². The summed E-state index contributed by atoms with van der Waals surface area (Å²) in [7, 11) is 2.46. The molecule has 0 N–H and O–H groups in total. The normalized spacial score (nSPS) is 9.77. The average Bonchev–Trinajstić information content (AvgIpc) is 2.49. The van der Waals surface area contributed by atoms with Gasteiger partial charge in [-0.25, -0.2) is 4.79 Å². The first-order valence-corrected chi connectivity index (χ1v) is 7.56. The first-order valence-electron chi connectivity index (χ1n) is 6.61. The van der Waals surface area contributed by atoms with Gasteiger partial charge in [0, 0.05) is 5.30 Å². The fraction of sp³-hybridized carbons (Fsp3) is 0.188. The maximum atomic E-state index is 12.3. The van der Waals surface area contributed by atoms with E-state index >= 15 is 0 Å². The zero-order chi connectivity index (χ0) is 15.2. The first kappa shape index (κ1) is 19.1. The van der Waals surface area contributed by atoms with Crippen LogP contribution in [0.5, 0.6) is 11.5 Å². The Balaban J connectivity index is 0.00000242. The SMILES string of the molecule is CCCOc1cc(Cl)c(P)c(C(=O)Oc2ccccc2)c1.[H-].[Li+]. The number of halogens is 1. The summed E-state index contributed by atoms with van der Waals surface area (Å²) in [5.41, 5.74) is 0.377. The molecule has 22 heavy (non-hydrogen) atoms. The van der Waals surface area contributed by atoms with Crippen LogP contribution < -0.4 is 33.6 Å². The van der Waals surface area contributed by atoms with Crippen molar-refractivity contribution in [2.24, 2.45) is 0 Å². The van der Waals surface area contributed by atoms with Crippen molar-refractivity contribution in [1.29, 1.82) is 0 Å². The summed E-state index contributed by atoms with van der Waals surface area (Å²) in [6.45, 7) is 2.58. The summed E-state index contributed by atoms with van der Waals surface area (Å²) in [5.74, 6) is 0.589. The van der Waals surface area contributed by atoms with Crippen LogP contribution in [0.4, 0.5) is 0 Å². The molecule has 112 valence electrons. The van der Waals surface area contributed by atoms with E-state index in [1.165, 1.54) is 0 Å². The molecule has 0 aliphatic heterocycles. The number of esters is 1. The van der Waals surface area contributed by atoms with Crippen molar-refractivity contribution in [3.63, 3.8) is 0 Å². The van der Waals surface area contributed by atoms with Gasteiger partial charge in [-0.15, -0.1) is 9.24 Å². The van der Waals surface area contributed by atoms with Gasteiger partial charge in [-0.05, 0) is 30.7 Å². The topological polar surface area (TPSA) is 35.5 Å². The minimum atomic E-state index is -0.463. The van der Waals surface area contributed by atoms with Crippen molar-refractivity contribution < 1.29 is 34.6 Å². The monoisotopic (exact) mass is 330 g/mol. The van der Waals surface area contributed by atoms with Crippen LogP contribution in [0, 0.1) is 0 Å². The summed E-state index contributed by atoms with van der Waals surface area (Å²) in [6, 6.07) is 12.2. The van der Waals surface area contributed by atoms with Crippen molar-refractivity contribution in [3.05, 3.63) is 53.1 Å². The van der Waals surface area contributed by atoms with E-state index in [1.807, 2.05) is 13.0 Å². The molecule has 3 nitrogen and oxygen atoms in total. The van der Waals surface area contributed by atoms with Crippen LogP contribution in [-0.4, -0.2) is 12.6 Å². The van der Waals surface area contributed by atoms with Gasteiger partial charge >= 0.3 is 24.8 Å². The Morgan fingerprint density at radius 2 is 1.91 bits per heavy atom. The van der Waals surface area contributed by atoms with Crippen LogP contribution in [0.1, 0.15) is 25.1 Å². The van der Waals surface area contributed by atoms with Crippen LogP contribution in [-0.2, 0) is 0 Å². The molecule has 0 radical (unpaired) electrons. The number of carbonyl (C=O) groups is 1. The molecule has 0 aromatic heterocycles. The quantitative estimate of drug-likeness (QED) is 0.355. The minimum Gasteiger partial charge on any atom is -1.00 e. The first-order chi connectivity index (χ1) is 10.1. The summed E-state index contributed by atoms with van der Waals surface area (Å²) < 4.78 is 10.9. The predicted octanol–water partition coefficient (Wildman–Crippen LogP) is 0.965. The zero-order valence-corrected chi connectivity index (χ0v) is 14.5. The number of rotatable bonds is 5. The molecule has 2 aromatic carbocycles. The molecular weight excluding hydrogens is 314 g/mol. The molecule has 0 saturated carbocycles. The van der Waals surface area contributed by atoms with Gasteiger partial charge in [0.15, 0.2) is 0 Å². The van der Waals surface area contributed by atoms with Crippen LogP contribution in [0.25, 0.3) is 0 Å². The van der Waals surface area contributed by atoms with E-state index < -0.39 is 5.97 Å².